The Kier molecular flexibility index (Phi) is 2.54. The molecule has 1 heterocycles. The first-order valence-corrected chi connectivity index (χ1v) is 4.95. The predicted molar refractivity (Wildman–Crippen MR) is 54.1 cm³/mol. The van der Waals surface area contributed by atoms with E-state index >= 15 is 0 Å². The van der Waals surface area contributed by atoms with E-state index in [4.69, 9.17) is 0 Å². The fourth-order valence-electron chi connectivity index (χ4n) is 1.80. The van der Waals surface area contributed by atoms with Crippen LogP contribution >= 0.6 is 0 Å². The number of rotatable bonds is 2. The van der Waals surface area contributed by atoms with Gasteiger partial charge in [0, 0.05) is 0 Å². The van der Waals surface area contributed by atoms with Gasteiger partial charge in [0.1, 0.15) is 0 Å². The molecule has 1 atom stereocenters. The van der Waals surface area contributed by atoms with Crippen LogP contribution in [0.25, 0.3) is 0 Å². The molecular weight excluding hydrogens is 192 g/mol. The van der Waals surface area contributed by atoms with Crippen LogP contribution in [0.2, 0.25) is 0 Å². The molecule has 0 N–H and O–H groups in total. The van der Waals surface area contributed by atoms with Gasteiger partial charge in [-0.05, 0) is 18.9 Å². The van der Waals surface area contributed by atoms with Crippen molar-refractivity contribution in [2.45, 2.75) is 19.8 Å². The molecule has 1 aliphatic heterocycles. The van der Waals surface area contributed by atoms with E-state index in [1.165, 1.54) is 0 Å². The summed E-state index contributed by atoms with van der Waals surface area (Å²) in [7, 11) is 0. The summed E-state index contributed by atoms with van der Waals surface area (Å²) in [5.74, 6) is -1.08. The first-order chi connectivity index (χ1) is 7.15. The third-order valence-electron chi connectivity index (χ3n) is 2.53. The lowest BCUT2D eigenvalue weighted by Crippen LogP contribution is -2.10. The average Bonchev–Trinajstić information content (AvgIpc) is 2.45. The molecule has 0 bridgehead atoms. The second kappa shape index (κ2) is 3.85. The number of cyclic esters (lactones) is 2. The highest BCUT2D eigenvalue weighted by Gasteiger charge is 2.33. The Morgan fingerprint density at radius 1 is 1.40 bits per heavy atom. The molecule has 0 radical (unpaired) electrons. The first kappa shape index (κ1) is 9.90. The summed E-state index contributed by atoms with van der Waals surface area (Å²) in [6, 6.07) is 7.94. The zero-order valence-electron chi connectivity index (χ0n) is 8.53. The van der Waals surface area contributed by atoms with Crippen LogP contribution in [0.4, 0.5) is 0 Å². The van der Waals surface area contributed by atoms with E-state index in [9.17, 15) is 9.59 Å². The van der Waals surface area contributed by atoms with Crippen molar-refractivity contribution in [1.82, 2.24) is 0 Å². The SMILES string of the molecule is Cc1cccc(CC2CC(=O)OC2=O)c1. The Morgan fingerprint density at radius 3 is 2.80 bits per heavy atom. The van der Waals surface area contributed by atoms with Crippen LogP contribution in [0.3, 0.4) is 0 Å². The molecule has 1 aromatic carbocycles. The van der Waals surface area contributed by atoms with Gasteiger partial charge in [-0.25, -0.2) is 0 Å². The van der Waals surface area contributed by atoms with Crippen molar-refractivity contribution >= 4 is 11.9 Å². The molecule has 1 saturated heterocycles. The maximum absolute atomic E-state index is 11.2. The van der Waals surface area contributed by atoms with Gasteiger partial charge in [-0.15, -0.1) is 0 Å². The van der Waals surface area contributed by atoms with Crippen LogP contribution in [0.5, 0.6) is 0 Å². The highest BCUT2D eigenvalue weighted by molar-refractivity contribution is 5.94. The van der Waals surface area contributed by atoms with Crippen molar-refractivity contribution in [2.24, 2.45) is 5.92 Å². The molecule has 2 rings (SSSR count). The normalized spacial score (nSPS) is 20.5. The van der Waals surface area contributed by atoms with E-state index in [1.54, 1.807) is 0 Å². The maximum atomic E-state index is 11.2. The zero-order chi connectivity index (χ0) is 10.8. The maximum Gasteiger partial charge on any atom is 0.317 e. The van der Waals surface area contributed by atoms with Gasteiger partial charge >= 0.3 is 11.9 Å². The number of aryl methyl sites for hydroxylation is 1. The summed E-state index contributed by atoms with van der Waals surface area (Å²) in [6.45, 7) is 2.00. The number of esters is 2. The summed E-state index contributed by atoms with van der Waals surface area (Å²) >= 11 is 0. The van der Waals surface area contributed by atoms with Gasteiger partial charge in [-0.1, -0.05) is 29.8 Å². The third-order valence-corrected chi connectivity index (χ3v) is 2.53. The molecule has 0 aromatic heterocycles. The molecule has 3 nitrogen and oxygen atoms in total. The van der Waals surface area contributed by atoms with Crippen LogP contribution in [-0.2, 0) is 20.7 Å². The van der Waals surface area contributed by atoms with Gasteiger partial charge in [0.2, 0.25) is 0 Å². The topological polar surface area (TPSA) is 43.4 Å². The van der Waals surface area contributed by atoms with E-state index in [2.05, 4.69) is 4.74 Å². The van der Waals surface area contributed by atoms with Crippen LogP contribution in [0, 0.1) is 12.8 Å². The van der Waals surface area contributed by atoms with Gasteiger partial charge in [-0.3, -0.25) is 9.59 Å². The van der Waals surface area contributed by atoms with Crippen LogP contribution < -0.4 is 0 Å². The molecule has 0 amide bonds. The molecule has 3 heteroatoms. The highest BCUT2D eigenvalue weighted by atomic mass is 16.6. The van der Waals surface area contributed by atoms with Crippen LogP contribution in [0.15, 0.2) is 24.3 Å². The van der Waals surface area contributed by atoms with Gasteiger partial charge in [0.05, 0.1) is 12.3 Å². The molecule has 1 aliphatic rings. The summed E-state index contributed by atoms with van der Waals surface area (Å²) in [5, 5.41) is 0. The smallest absolute Gasteiger partial charge is 0.317 e. The van der Waals surface area contributed by atoms with Crippen molar-refractivity contribution in [1.29, 1.82) is 0 Å². The molecule has 15 heavy (non-hydrogen) atoms. The highest BCUT2D eigenvalue weighted by Crippen LogP contribution is 2.21. The number of ether oxygens (including phenoxy) is 1. The second-order valence-electron chi connectivity index (χ2n) is 3.89. The van der Waals surface area contributed by atoms with Crippen molar-refractivity contribution in [3.05, 3.63) is 35.4 Å². The lowest BCUT2D eigenvalue weighted by Gasteiger charge is -2.05. The zero-order valence-corrected chi connectivity index (χ0v) is 8.53. The standard InChI is InChI=1S/C12H12O3/c1-8-3-2-4-9(5-8)6-10-7-11(13)15-12(10)14/h2-5,10H,6-7H2,1H3. The summed E-state index contributed by atoms with van der Waals surface area (Å²) in [4.78, 5) is 22.1. The number of hydrogen-bond acceptors (Lipinski definition) is 3. The predicted octanol–water partition coefficient (Wildman–Crippen LogP) is 1.63. The molecule has 1 fully saturated rings. The average molecular weight is 204 g/mol. The van der Waals surface area contributed by atoms with E-state index in [-0.39, 0.29) is 18.3 Å². The van der Waals surface area contributed by atoms with Crippen molar-refractivity contribution < 1.29 is 14.3 Å². The van der Waals surface area contributed by atoms with Gasteiger partial charge in [-0.2, -0.15) is 0 Å². The van der Waals surface area contributed by atoms with Crippen molar-refractivity contribution in [3.8, 4) is 0 Å². The lowest BCUT2D eigenvalue weighted by molar-refractivity contribution is -0.153. The van der Waals surface area contributed by atoms with E-state index in [0.717, 1.165) is 11.1 Å². The summed E-state index contributed by atoms with van der Waals surface area (Å²) in [5.41, 5.74) is 2.23. The fourth-order valence-corrected chi connectivity index (χ4v) is 1.80. The Hall–Kier alpha value is -1.64. The molecule has 1 unspecified atom stereocenters. The molecule has 78 valence electrons. The minimum atomic E-state index is -0.405. The van der Waals surface area contributed by atoms with Gasteiger partial charge < -0.3 is 4.74 Å². The lowest BCUT2D eigenvalue weighted by atomic mass is 9.97. The third kappa shape index (κ3) is 2.24. The van der Waals surface area contributed by atoms with Gasteiger partial charge in [0.15, 0.2) is 0 Å². The summed E-state index contributed by atoms with van der Waals surface area (Å²) in [6.07, 6.45) is 0.805. The molecule has 0 aliphatic carbocycles. The molecule has 0 spiro atoms. The number of carbonyl (C=O) groups is 2. The fraction of sp³-hybridized carbons (Fsp3) is 0.333. The Bertz CT molecular complexity index is 409. The number of hydrogen-bond donors (Lipinski definition) is 0. The Morgan fingerprint density at radius 2 is 2.20 bits per heavy atom. The Balaban J connectivity index is 2.09. The van der Waals surface area contributed by atoms with Crippen LogP contribution in [0.1, 0.15) is 17.5 Å². The van der Waals surface area contributed by atoms with E-state index in [0.29, 0.717) is 6.42 Å². The quantitative estimate of drug-likeness (QED) is 0.543. The van der Waals surface area contributed by atoms with Crippen LogP contribution in [-0.4, -0.2) is 11.9 Å². The molecule has 0 saturated carbocycles. The van der Waals surface area contributed by atoms with E-state index < -0.39 is 5.97 Å². The minimum absolute atomic E-state index is 0.215. The van der Waals surface area contributed by atoms with Gasteiger partial charge in [0.25, 0.3) is 0 Å². The van der Waals surface area contributed by atoms with Crippen molar-refractivity contribution in [2.75, 3.05) is 0 Å². The largest absolute Gasteiger partial charge is 0.393 e. The Labute approximate surface area is 88.1 Å². The number of benzene rings is 1. The van der Waals surface area contributed by atoms with Crippen molar-refractivity contribution in [3.63, 3.8) is 0 Å². The summed E-state index contributed by atoms with van der Waals surface area (Å²) < 4.78 is 4.50. The first-order valence-electron chi connectivity index (χ1n) is 4.95. The van der Waals surface area contributed by atoms with E-state index in [1.807, 2.05) is 31.2 Å². The second-order valence-corrected chi connectivity index (χ2v) is 3.89. The molecule has 1 aromatic rings. The minimum Gasteiger partial charge on any atom is -0.393 e. The number of carbonyl (C=O) groups excluding carboxylic acids is 2. The molecular formula is C12H12O3. The monoisotopic (exact) mass is 204 g/mol.